The van der Waals surface area contributed by atoms with Crippen LogP contribution in [0.2, 0.25) is 10.0 Å². The van der Waals surface area contributed by atoms with Crippen molar-refractivity contribution in [2.45, 2.75) is 6.54 Å². The summed E-state index contributed by atoms with van der Waals surface area (Å²) in [4.78, 5) is 17.1. The standard InChI is InChI=1S/C23H22Cl2N2O2/c1-26(2)18-7-4-16(5-8-18)15-27(19-9-11-20(29-3)12-10-19)23(28)17-6-13-21(24)22(25)14-17/h4-14H,15H2,1-3H3. The van der Waals surface area contributed by atoms with Gasteiger partial charge in [-0.3, -0.25) is 4.79 Å². The van der Waals surface area contributed by atoms with E-state index in [1.54, 1.807) is 30.2 Å². The van der Waals surface area contributed by atoms with Crippen LogP contribution >= 0.6 is 23.2 Å². The Labute approximate surface area is 181 Å². The van der Waals surface area contributed by atoms with Gasteiger partial charge in [-0.05, 0) is 60.2 Å². The highest BCUT2D eigenvalue weighted by Crippen LogP contribution is 2.27. The van der Waals surface area contributed by atoms with E-state index in [4.69, 9.17) is 27.9 Å². The molecule has 0 saturated heterocycles. The number of benzene rings is 3. The molecule has 6 heteroatoms. The van der Waals surface area contributed by atoms with E-state index >= 15 is 0 Å². The van der Waals surface area contributed by atoms with Crippen molar-refractivity contribution in [3.8, 4) is 5.75 Å². The largest absolute Gasteiger partial charge is 0.497 e. The lowest BCUT2D eigenvalue weighted by molar-refractivity contribution is 0.0985. The van der Waals surface area contributed by atoms with Crippen molar-refractivity contribution in [1.29, 1.82) is 0 Å². The maximum absolute atomic E-state index is 13.3. The molecule has 1 amide bonds. The molecule has 0 aliphatic carbocycles. The molecule has 0 aromatic heterocycles. The van der Waals surface area contributed by atoms with Gasteiger partial charge in [-0.25, -0.2) is 0 Å². The van der Waals surface area contributed by atoms with Crippen molar-refractivity contribution in [1.82, 2.24) is 0 Å². The Morgan fingerprint density at radius 3 is 2.03 bits per heavy atom. The lowest BCUT2D eigenvalue weighted by atomic mass is 10.1. The summed E-state index contributed by atoms with van der Waals surface area (Å²) in [6, 6.07) is 20.4. The fraction of sp³-hybridized carbons (Fsp3) is 0.174. The average molecular weight is 429 g/mol. The lowest BCUT2D eigenvalue weighted by Gasteiger charge is -2.24. The summed E-state index contributed by atoms with van der Waals surface area (Å²) >= 11 is 12.1. The number of nitrogens with zero attached hydrogens (tertiary/aromatic N) is 2. The van der Waals surface area contributed by atoms with E-state index in [9.17, 15) is 4.79 Å². The summed E-state index contributed by atoms with van der Waals surface area (Å²) in [5.74, 6) is 0.566. The van der Waals surface area contributed by atoms with Crippen LogP contribution in [-0.2, 0) is 6.54 Å². The smallest absolute Gasteiger partial charge is 0.258 e. The number of carbonyl (C=O) groups is 1. The Bertz CT molecular complexity index is 987. The third kappa shape index (κ3) is 5.03. The molecular formula is C23H22Cl2N2O2. The van der Waals surface area contributed by atoms with Crippen molar-refractivity contribution < 1.29 is 9.53 Å². The fourth-order valence-corrected chi connectivity index (χ4v) is 3.21. The van der Waals surface area contributed by atoms with Crippen molar-refractivity contribution in [3.63, 3.8) is 0 Å². The molecule has 150 valence electrons. The summed E-state index contributed by atoms with van der Waals surface area (Å²) in [6.07, 6.45) is 0. The quantitative estimate of drug-likeness (QED) is 0.488. The highest BCUT2D eigenvalue weighted by atomic mass is 35.5. The monoisotopic (exact) mass is 428 g/mol. The van der Waals surface area contributed by atoms with Crippen LogP contribution in [-0.4, -0.2) is 27.1 Å². The molecular weight excluding hydrogens is 407 g/mol. The van der Waals surface area contributed by atoms with Gasteiger partial charge in [0.1, 0.15) is 5.75 Å². The molecule has 0 saturated carbocycles. The third-order valence-electron chi connectivity index (χ3n) is 4.59. The topological polar surface area (TPSA) is 32.8 Å². The zero-order valence-electron chi connectivity index (χ0n) is 16.5. The first-order valence-corrected chi connectivity index (χ1v) is 9.82. The molecule has 0 bridgehead atoms. The molecule has 4 nitrogen and oxygen atoms in total. The molecule has 0 atom stereocenters. The maximum Gasteiger partial charge on any atom is 0.258 e. The molecule has 0 aliphatic rings. The Hall–Kier alpha value is -2.69. The number of ether oxygens (including phenoxy) is 1. The van der Waals surface area contributed by atoms with Crippen molar-refractivity contribution in [2.75, 3.05) is 31.0 Å². The number of rotatable bonds is 6. The van der Waals surface area contributed by atoms with Crippen LogP contribution < -0.4 is 14.5 Å². The zero-order valence-corrected chi connectivity index (χ0v) is 18.0. The Morgan fingerprint density at radius 1 is 0.862 bits per heavy atom. The van der Waals surface area contributed by atoms with E-state index in [1.807, 2.05) is 67.5 Å². The van der Waals surface area contributed by atoms with Crippen molar-refractivity contribution >= 4 is 40.5 Å². The second-order valence-corrected chi connectivity index (χ2v) is 7.59. The minimum Gasteiger partial charge on any atom is -0.497 e. The minimum absolute atomic E-state index is 0.162. The van der Waals surface area contributed by atoms with Crippen molar-refractivity contribution in [2.24, 2.45) is 0 Å². The first kappa shape index (κ1) is 21.0. The first-order chi connectivity index (χ1) is 13.9. The van der Waals surface area contributed by atoms with E-state index < -0.39 is 0 Å². The van der Waals surface area contributed by atoms with Gasteiger partial charge in [0.2, 0.25) is 0 Å². The van der Waals surface area contributed by atoms with Crippen LogP contribution in [0.1, 0.15) is 15.9 Å². The van der Waals surface area contributed by atoms with E-state index in [0.717, 1.165) is 22.7 Å². The second kappa shape index (κ2) is 9.21. The van der Waals surface area contributed by atoms with E-state index in [1.165, 1.54) is 0 Å². The Morgan fingerprint density at radius 2 is 1.48 bits per heavy atom. The SMILES string of the molecule is COc1ccc(N(Cc2ccc(N(C)C)cc2)C(=O)c2ccc(Cl)c(Cl)c2)cc1. The number of amides is 1. The van der Waals surface area contributed by atoms with E-state index in [2.05, 4.69) is 0 Å². The predicted octanol–water partition coefficient (Wildman–Crippen LogP) is 5.92. The molecule has 0 aliphatic heterocycles. The van der Waals surface area contributed by atoms with Gasteiger partial charge < -0.3 is 14.5 Å². The van der Waals surface area contributed by atoms with Crippen LogP contribution in [0.5, 0.6) is 5.75 Å². The highest BCUT2D eigenvalue weighted by Gasteiger charge is 2.19. The number of halogens is 2. The number of methoxy groups -OCH3 is 1. The molecule has 29 heavy (non-hydrogen) atoms. The summed E-state index contributed by atoms with van der Waals surface area (Å²) in [6.45, 7) is 0.416. The van der Waals surface area contributed by atoms with Gasteiger partial charge in [-0.1, -0.05) is 35.3 Å². The molecule has 3 rings (SSSR count). The maximum atomic E-state index is 13.3. The van der Waals surface area contributed by atoms with Crippen LogP contribution in [0.3, 0.4) is 0 Å². The molecule has 0 fully saturated rings. The van der Waals surface area contributed by atoms with Gasteiger partial charge in [0.25, 0.3) is 5.91 Å². The molecule has 0 radical (unpaired) electrons. The predicted molar refractivity (Wildman–Crippen MR) is 121 cm³/mol. The van der Waals surface area contributed by atoms with E-state index in [-0.39, 0.29) is 5.91 Å². The summed E-state index contributed by atoms with van der Waals surface area (Å²) < 4.78 is 5.24. The number of anilines is 2. The van der Waals surface area contributed by atoms with Crippen LogP contribution in [0.4, 0.5) is 11.4 Å². The van der Waals surface area contributed by atoms with Crippen LogP contribution in [0.15, 0.2) is 66.7 Å². The summed E-state index contributed by atoms with van der Waals surface area (Å²) in [5.41, 5.74) is 3.35. The fourth-order valence-electron chi connectivity index (χ4n) is 2.91. The first-order valence-electron chi connectivity index (χ1n) is 9.06. The normalized spacial score (nSPS) is 10.5. The van der Waals surface area contributed by atoms with Gasteiger partial charge in [0.05, 0.1) is 23.7 Å². The minimum atomic E-state index is -0.162. The van der Waals surface area contributed by atoms with Gasteiger partial charge in [0.15, 0.2) is 0 Å². The molecule has 0 unspecified atom stereocenters. The van der Waals surface area contributed by atoms with Crippen molar-refractivity contribution in [3.05, 3.63) is 87.9 Å². The summed E-state index contributed by atoms with van der Waals surface area (Å²) in [5, 5.41) is 0.765. The number of carbonyl (C=O) groups excluding carboxylic acids is 1. The molecule has 0 heterocycles. The highest BCUT2D eigenvalue weighted by molar-refractivity contribution is 6.42. The molecule has 0 spiro atoms. The third-order valence-corrected chi connectivity index (χ3v) is 5.33. The second-order valence-electron chi connectivity index (χ2n) is 6.78. The Balaban J connectivity index is 1.95. The zero-order chi connectivity index (χ0) is 21.0. The van der Waals surface area contributed by atoms with E-state index in [0.29, 0.717) is 22.2 Å². The molecule has 3 aromatic rings. The van der Waals surface area contributed by atoms with Gasteiger partial charge in [-0.15, -0.1) is 0 Å². The van der Waals surface area contributed by atoms with Gasteiger partial charge >= 0.3 is 0 Å². The number of hydrogen-bond acceptors (Lipinski definition) is 3. The number of hydrogen-bond donors (Lipinski definition) is 0. The van der Waals surface area contributed by atoms with Gasteiger partial charge in [0, 0.05) is 31.0 Å². The lowest BCUT2D eigenvalue weighted by Crippen LogP contribution is -2.30. The van der Waals surface area contributed by atoms with Crippen LogP contribution in [0.25, 0.3) is 0 Å². The summed E-state index contributed by atoms with van der Waals surface area (Å²) in [7, 11) is 5.60. The average Bonchev–Trinajstić information content (AvgIpc) is 2.74. The van der Waals surface area contributed by atoms with Gasteiger partial charge in [-0.2, -0.15) is 0 Å². The van der Waals surface area contributed by atoms with Crippen LogP contribution in [0, 0.1) is 0 Å². The Kier molecular flexibility index (Phi) is 6.68. The molecule has 3 aromatic carbocycles. The molecule has 0 N–H and O–H groups in total.